The van der Waals surface area contributed by atoms with E-state index in [0.717, 1.165) is 32.0 Å². The SMILES string of the molecule is CC(N)(C#N)CCN1CCN(CC2CC2)CC1. The number of rotatable bonds is 5. The third-order valence-electron chi connectivity index (χ3n) is 3.88. The topological polar surface area (TPSA) is 56.3 Å². The van der Waals surface area contributed by atoms with Crippen molar-refractivity contribution in [3.8, 4) is 6.07 Å². The normalized spacial score (nSPS) is 26.4. The van der Waals surface area contributed by atoms with Crippen LogP contribution in [0.4, 0.5) is 0 Å². The molecule has 0 spiro atoms. The Labute approximate surface area is 104 Å². The van der Waals surface area contributed by atoms with Gasteiger partial charge in [0, 0.05) is 39.3 Å². The molecule has 1 unspecified atom stereocenters. The Hall–Kier alpha value is -0.630. The lowest BCUT2D eigenvalue weighted by Gasteiger charge is -2.35. The summed E-state index contributed by atoms with van der Waals surface area (Å²) in [5, 5.41) is 8.87. The highest BCUT2D eigenvalue weighted by Gasteiger charge is 2.27. The van der Waals surface area contributed by atoms with Crippen molar-refractivity contribution in [1.29, 1.82) is 5.26 Å². The zero-order valence-corrected chi connectivity index (χ0v) is 10.9. The van der Waals surface area contributed by atoms with Crippen molar-refractivity contribution in [2.24, 2.45) is 11.7 Å². The van der Waals surface area contributed by atoms with Gasteiger partial charge in [0.05, 0.1) is 6.07 Å². The number of nitrogens with two attached hydrogens (primary N) is 1. The molecule has 1 saturated heterocycles. The summed E-state index contributed by atoms with van der Waals surface area (Å²) in [7, 11) is 0. The molecule has 1 saturated carbocycles. The minimum Gasteiger partial charge on any atom is -0.314 e. The number of nitriles is 1. The number of hydrogen-bond donors (Lipinski definition) is 1. The monoisotopic (exact) mass is 236 g/mol. The van der Waals surface area contributed by atoms with E-state index < -0.39 is 5.54 Å². The smallest absolute Gasteiger partial charge is 0.102 e. The Balaban J connectivity index is 1.63. The van der Waals surface area contributed by atoms with Gasteiger partial charge in [0.15, 0.2) is 0 Å². The zero-order chi connectivity index (χ0) is 12.3. The predicted octanol–water partition coefficient (Wildman–Crippen LogP) is 0.645. The molecule has 96 valence electrons. The average molecular weight is 236 g/mol. The predicted molar refractivity (Wildman–Crippen MR) is 68.4 cm³/mol. The van der Waals surface area contributed by atoms with Gasteiger partial charge in [0.1, 0.15) is 5.54 Å². The molecule has 17 heavy (non-hydrogen) atoms. The summed E-state index contributed by atoms with van der Waals surface area (Å²) in [5.74, 6) is 0.993. The highest BCUT2D eigenvalue weighted by Crippen LogP contribution is 2.29. The summed E-state index contributed by atoms with van der Waals surface area (Å²) < 4.78 is 0. The standard InChI is InChI=1S/C13H24N4/c1-13(15,11-14)4-5-16-6-8-17(9-7-16)10-12-2-3-12/h12H,2-10,15H2,1H3. The van der Waals surface area contributed by atoms with Crippen LogP contribution in [0.5, 0.6) is 0 Å². The summed E-state index contributed by atoms with van der Waals surface area (Å²) in [6.07, 6.45) is 3.65. The highest BCUT2D eigenvalue weighted by molar-refractivity contribution is 5.01. The molecule has 1 aliphatic carbocycles. The molecular formula is C13H24N4. The molecule has 0 amide bonds. The molecule has 2 N–H and O–H groups in total. The second kappa shape index (κ2) is 5.34. The molecule has 1 heterocycles. The van der Waals surface area contributed by atoms with Gasteiger partial charge in [-0.3, -0.25) is 0 Å². The van der Waals surface area contributed by atoms with Crippen molar-refractivity contribution >= 4 is 0 Å². The van der Waals surface area contributed by atoms with Gasteiger partial charge < -0.3 is 15.5 Å². The first-order chi connectivity index (χ1) is 8.09. The van der Waals surface area contributed by atoms with E-state index in [2.05, 4.69) is 15.9 Å². The van der Waals surface area contributed by atoms with E-state index >= 15 is 0 Å². The second-order valence-corrected chi connectivity index (χ2v) is 5.86. The maximum absolute atomic E-state index is 8.87. The van der Waals surface area contributed by atoms with E-state index in [-0.39, 0.29) is 0 Å². The Morgan fingerprint density at radius 1 is 1.24 bits per heavy atom. The number of nitrogens with zero attached hydrogens (tertiary/aromatic N) is 3. The van der Waals surface area contributed by atoms with Crippen LogP contribution in [0.15, 0.2) is 0 Å². The first kappa shape index (κ1) is 12.8. The van der Waals surface area contributed by atoms with Gasteiger partial charge >= 0.3 is 0 Å². The molecule has 1 aliphatic heterocycles. The van der Waals surface area contributed by atoms with Crippen molar-refractivity contribution in [1.82, 2.24) is 9.80 Å². The van der Waals surface area contributed by atoms with E-state index in [0.29, 0.717) is 0 Å². The number of piperazine rings is 1. The van der Waals surface area contributed by atoms with E-state index in [1.165, 1.54) is 32.5 Å². The van der Waals surface area contributed by atoms with Crippen molar-refractivity contribution in [3.63, 3.8) is 0 Å². The third kappa shape index (κ3) is 4.27. The minimum atomic E-state index is -0.662. The van der Waals surface area contributed by atoms with Crippen molar-refractivity contribution in [3.05, 3.63) is 0 Å². The van der Waals surface area contributed by atoms with Crippen molar-refractivity contribution < 1.29 is 0 Å². The van der Waals surface area contributed by atoms with E-state index in [4.69, 9.17) is 11.0 Å². The first-order valence-electron chi connectivity index (χ1n) is 6.74. The van der Waals surface area contributed by atoms with E-state index in [1.807, 2.05) is 6.92 Å². The molecule has 1 atom stereocenters. The molecule has 0 aromatic carbocycles. The Bertz CT molecular complexity index is 282. The van der Waals surface area contributed by atoms with Crippen LogP contribution < -0.4 is 5.73 Å². The molecule has 0 aromatic heterocycles. The fraction of sp³-hybridized carbons (Fsp3) is 0.923. The molecule has 0 radical (unpaired) electrons. The summed E-state index contributed by atoms with van der Waals surface area (Å²) in [6, 6.07) is 2.16. The highest BCUT2D eigenvalue weighted by atomic mass is 15.3. The van der Waals surface area contributed by atoms with Crippen molar-refractivity contribution in [2.45, 2.75) is 31.7 Å². The van der Waals surface area contributed by atoms with E-state index in [1.54, 1.807) is 0 Å². The summed E-state index contributed by atoms with van der Waals surface area (Å²) in [5.41, 5.74) is 5.17. The summed E-state index contributed by atoms with van der Waals surface area (Å²) in [4.78, 5) is 5.02. The van der Waals surface area contributed by atoms with Gasteiger partial charge in [0.25, 0.3) is 0 Å². The largest absolute Gasteiger partial charge is 0.314 e. The fourth-order valence-electron chi connectivity index (χ4n) is 2.31. The molecule has 0 aromatic rings. The average Bonchev–Trinajstić information content (AvgIpc) is 3.12. The maximum atomic E-state index is 8.87. The minimum absolute atomic E-state index is 0.662. The van der Waals surface area contributed by atoms with E-state index in [9.17, 15) is 0 Å². The summed E-state index contributed by atoms with van der Waals surface area (Å²) in [6.45, 7) is 8.71. The van der Waals surface area contributed by atoms with Crippen LogP contribution in [-0.2, 0) is 0 Å². The zero-order valence-electron chi connectivity index (χ0n) is 10.9. The lowest BCUT2D eigenvalue weighted by Crippen LogP contribution is -2.48. The molecule has 2 fully saturated rings. The van der Waals surface area contributed by atoms with Crippen LogP contribution in [0, 0.1) is 17.2 Å². The van der Waals surface area contributed by atoms with Gasteiger partial charge in [0.2, 0.25) is 0 Å². The van der Waals surface area contributed by atoms with Crippen LogP contribution in [0.1, 0.15) is 26.2 Å². The fourth-order valence-corrected chi connectivity index (χ4v) is 2.31. The molecule has 0 bridgehead atoms. The Kier molecular flexibility index (Phi) is 4.03. The second-order valence-electron chi connectivity index (χ2n) is 5.86. The van der Waals surface area contributed by atoms with Crippen LogP contribution in [0.3, 0.4) is 0 Å². The lowest BCUT2D eigenvalue weighted by molar-refractivity contribution is 0.124. The van der Waals surface area contributed by atoms with Gasteiger partial charge in [-0.25, -0.2) is 0 Å². The molecule has 2 rings (SSSR count). The van der Waals surface area contributed by atoms with Crippen molar-refractivity contribution in [2.75, 3.05) is 39.3 Å². The van der Waals surface area contributed by atoms with Gasteiger partial charge in [-0.15, -0.1) is 0 Å². The Morgan fingerprint density at radius 3 is 2.35 bits per heavy atom. The van der Waals surface area contributed by atoms with Crippen LogP contribution in [0.25, 0.3) is 0 Å². The quantitative estimate of drug-likeness (QED) is 0.761. The maximum Gasteiger partial charge on any atom is 0.102 e. The molecule has 4 nitrogen and oxygen atoms in total. The molecule has 4 heteroatoms. The van der Waals surface area contributed by atoms with Crippen LogP contribution in [0.2, 0.25) is 0 Å². The third-order valence-corrected chi connectivity index (χ3v) is 3.88. The van der Waals surface area contributed by atoms with Crippen LogP contribution in [-0.4, -0.2) is 54.6 Å². The Morgan fingerprint density at radius 2 is 1.82 bits per heavy atom. The van der Waals surface area contributed by atoms with Crippen LogP contribution >= 0.6 is 0 Å². The summed E-state index contributed by atoms with van der Waals surface area (Å²) >= 11 is 0. The van der Waals surface area contributed by atoms with Gasteiger partial charge in [-0.05, 0) is 32.1 Å². The van der Waals surface area contributed by atoms with Gasteiger partial charge in [-0.2, -0.15) is 5.26 Å². The molecule has 2 aliphatic rings. The first-order valence-corrected chi connectivity index (χ1v) is 6.74. The van der Waals surface area contributed by atoms with Gasteiger partial charge in [-0.1, -0.05) is 0 Å². The lowest BCUT2D eigenvalue weighted by atomic mass is 10.0. The number of hydrogen-bond acceptors (Lipinski definition) is 4. The molecular weight excluding hydrogens is 212 g/mol.